The number of amidine groups is 1. The molecule has 3 N–H and O–H groups in total. The summed E-state index contributed by atoms with van der Waals surface area (Å²) in [7, 11) is 1.56. The van der Waals surface area contributed by atoms with Crippen molar-refractivity contribution in [3.8, 4) is 5.88 Å². The molecule has 0 saturated heterocycles. The molecule has 146 valence electrons. The Kier molecular flexibility index (Phi) is 5.58. The number of carboxylic acids is 1. The number of aromatic nitrogens is 2. The third kappa shape index (κ3) is 4.11. The van der Waals surface area contributed by atoms with Crippen LogP contribution in [0, 0.1) is 0 Å². The highest BCUT2D eigenvalue weighted by Gasteiger charge is 2.19. The van der Waals surface area contributed by atoms with Gasteiger partial charge in [0.1, 0.15) is 11.5 Å². The number of nitrogens with zero attached hydrogens (tertiary/aromatic N) is 3. The van der Waals surface area contributed by atoms with E-state index in [4.69, 9.17) is 5.11 Å². The SMILES string of the molecule is CCCCC1=NC(=Cc2c(O)[nH]c(=O)n2C)C(Cc2ccc(C(=O)O)cc2)=N1. The lowest BCUT2D eigenvalue weighted by Gasteiger charge is -2.04. The van der Waals surface area contributed by atoms with E-state index in [1.54, 1.807) is 37.4 Å². The monoisotopic (exact) mass is 382 g/mol. The van der Waals surface area contributed by atoms with Gasteiger partial charge in [0, 0.05) is 19.9 Å². The number of hydrogen-bond donors (Lipinski definition) is 3. The standard InChI is InChI=1S/C20H22N4O4/c1-3-4-5-17-21-14(10-12-6-8-13(9-7-12)19(26)27)15(22-17)11-16-18(25)23-20(28)24(16)2/h6-9,11,25H,3-5,10H2,1-2H3,(H,23,28)(H,26,27). The molecule has 0 fully saturated rings. The van der Waals surface area contributed by atoms with Crippen LogP contribution in [0.15, 0.2) is 44.7 Å². The highest BCUT2D eigenvalue weighted by molar-refractivity contribution is 6.15. The van der Waals surface area contributed by atoms with Crippen molar-refractivity contribution in [1.82, 2.24) is 9.55 Å². The van der Waals surface area contributed by atoms with Crippen LogP contribution in [0.4, 0.5) is 0 Å². The summed E-state index contributed by atoms with van der Waals surface area (Å²) in [6.45, 7) is 2.09. The lowest BCUT2D eigenvalue weighted by atomic mass is 10.0. The van der Waals surface area contributed by atoms with E-state index in [9.17, 15) is 14.7 Å². The fourth-order valence-electron chi connectivity index (χ4n) is 2.90. The minimum Gasteiger partial charge on any atom is -0.493 e. The van der Waals surface area contributed by atoms with E-state index in [1.807, 2.05) is 0 Å². The van der Waals surface area contributed by atoms with Crippen LogP contribution < -0.4 is 5.69 Å². The number of imidazole rings is 1. The molecule has 28 heavy (non-hydrogen) atoms. The van der Waals surface area contributed by atoms with Gasteiger partial charge in [-0.25, -0.2) is 19.6 Å². The first kappa shape index (κ1) is 19.3. The third-order valence-corrected chi connectivity index (χ3v) is 4.54. The molecule has 0 radical (unpaired) electrons. The molecule has 1 aliphatic rings. The van der Waals surface area contributed by atoms with Crippen molar-refractivity contribution in [2.24, 2.45) is 17.0 Å². The molecule has 2 aromatic rings. The van der Waals surface area contributed by atoms with Crippen LogP contribution in [0.25, 0.3) is 6.08 Å². The fraction of sp³-hybridized carbons (Fsp3) is 0.300. The number of carbonyl (C=O) groups is 1. The maximum atomic E-state index is 11.7. The average Bonchev–Trinajstić information content (AvgIpc) is 3.15. The first-order chi connectivity index (χ1) is 13.4. The number of nitrogens with one attached hydrogen (secondary N) is 1. The Labute approximate surface area is 161 Å². The summed E-state index contributed by atoms with van der Waals surface area (Å²) in [6.07, 6.45) is 4.82. The predicted octanol–water partition coefficient (Wildman–Crippen LogP) is 2.74. The molecule has 0 saturated carbocycles. The van der Waals surface area contributed by atoms with Gasteiger partial charge in [-0.1, -0.05) is 25.5 Å². The summed E-state index contributed by atoms with van der Waals surface area (Å²) >= 11 is 0. The molecule has 0 aliphatic carbocycles. The van der Waals surface area contributed by atoms with Gasteiger partial charge in [-0.15, -0.1) is 0 Å². The van der Waals surface area contributed by atoms with Crippen molar-refractivity contribution >= 4 is 23.6 Å². The number of rotatable bonds is 7. The number of allylic oxidation sites excluding steroid dienone is 1. The third-order valence-electron chi connectivity index (χ3n) is 4.54. The number of carboxylic acid groups (broad SMARTS) is 1. The number of aromatic carboxylic acids is 1. The van der Waals surface area contributed by atoms with E-state index in [0.29, 0.717) is 29.4 Å². The van der Waals surface area contributed by atoms with Gasteiger partial charge >= 0.3 is 11.7 Å². The van der Waals surface area contributed by atoms with Crippen LogP contribution in [0.3, 0.4) is 0 Å². The van der Waals surface area contributed by atoms with Gasteiger partial charge in [0.15, 0.2) is 0 Å². The molecular weight excluding hydrogens is 360 g/mol. The molecule has 1 aromatic heterocycles. The maximum absolute atomic E-state index is 11.7. The smallest absolute Gasteiger partial charge is 0.335 e. The Morgan fingerprint density at radius 2 is 1.96 bits per heavy atom. The second kappa shape index (κ2) is 8.08. The van der Waals surface area contributed by atoms with Crippen molar-refractivity contribution in [3.63, 3.8) is 0 Å². The lowest BCUT2D eigenvalue weighted by molar-refractivity contribution is 0.0697. The van der Waals surface area contributed by atoms with Crippen molar-refractivity contribution < 1.29 is 15.0 Å². The van der Waals surface area contributed by atoms with Crippen molar-refractivity contribution in [1.29, 1.82) is 0 Å². The van der Waals surface area contributed by atoms with Crippen LogP contribution in [0.2, 0.25) is 0 Å². The number of benzene rings is 1. The minimum atomic E-state index is -0.973. The first-order valence-electron chi connectivity index (χ1n) is 9.06. The second-order valence-electron chi connectivity index (χ2n) is 6.62. The molecule has 1 aliphatic heterocycles. The minimum absolute atomic E-state index is 0.220. The lowest BCUT2D eigenvalue weighted by Crippen LogP contribution is -2.13. The van der Waals surface area contributed by atoms with Crippen molar-refractivity contribution in [3.05, 3.63) is 57.3 Å². The summed E-state index contributed by atoms with van der Waals surface area (Å²) in [5.41, 5.74) is 2.32. The van der Waals surface area contributed by atoms with Crippen LogP contribution >= 0.6 is 0 Å². The van der Waals surface area contributed by atoms with Gasteiger partial charge in [-0.05, 0) is 30.2 Å². The zero-order valence-corrected chi connectivity index (χ0v) is 15.8. The van der Waals surface area contributed by atoms with Gasteiger partial charge in [0.05, 0.1) is 17.0 Å². The highest BCUT2D eigenvalue weighted by atomic mass is 16.4. The zero-order valence-electron chi connectivity index (χ0n) is 15.8. The van der Waals surface area contributed by atoms with Gasteiger partial charge in [0.2, 0.25) is 5.88 Å². The Morgan fingerprint density at radius 3 is 2.54 bits per heavy atom. The predicted molar refractivity (Wildman–Crippen MR) is 107 cm³/mol. The Hall–Kier alpha value is -3.42. The van der Waals surface area contributed by atoms with Gasteiger partial charge < -0.3 is 10.2 Å². The van der Waals surface area contributed by atoms with E-state index in [1.165, 1.54) is 4.57 Å². The molecular formula is C20H22N4O4. The quantitative estimate of drug-likeness (QED) is 0.682. The van der Waals surface area contributed by atoms with E-state index in [2.05, 4.69) is 21.9 Å². The van der Waals surface area contributed by atoms with Crippen LogP contribution in [0.1, 0.15) is 47.8 Å². The number of aliphatic imine (C=N–C) groups is 2. The molecule has 0 spiro atoms. The fourth-order valence-corrected chi connectivity index (χ4v) is 2.90. The number of unbranched alkanes of at least 4 members (excludes halogenated alkanes) is 1. The zero-order chi connectivity index (χ0) is 20.3. The van der Waals surface area contributed by atoms with E-state index >= 15 is 0 Å². The normalized spacial score (nSPS) is 15.0. The average molecular weight is 382 g/mol. The molecule has 8 nitrogen and oxygen atoms in total. The van der Waals surface area contributed by atoms with Crippen molar-refractivity contribution in [2.75, 3.05) is 0 Å². The summed E-state index contributed by atoms with van der Waals surface area (Å²) in [5.74, 6) is -0.480. The Bertz CT molecular complexity index is 1040. The molecule has 0 unspecified atom stereocenters. The summed E-state index contributed by atoms with van der Waals surface area (Å²) in [5, 5.41) is 19.0. The highest BCUT2D eigenvalue weighted by Crippen LogP contribution is 2.23. The van der Waals surface area contributed by atoms with Crippen molar-refractivity contribution in [2.45, 2.75) is 32.6 Å². The maximum Gasteiger partial charge on any atom is 0.335 e. The summed E-state index contributed by atoms with van der Waals surface area (Å²) in [4.78, 5) is 34.3. The molecule has 0 atom stereocenters. The van der Waals surface area contributed by atoms with Gasteiger partial charge in [-0.2, -0.15) is 0 Å². The molecule has 8 heteroatoms. The first-order valence-corrected chi connectivity index (χ1v) is 9.06. The van der Waals surface area contributed by atoms with Crippen LogP contribution in [0.5, 0.6) is 5.88 Å². The van der Waals surface area contributed by atoms with E-state index in [-0.39, 0.29) is 11.4 Å². The molecule has 3 rings (SSSR count). The van der Waals surface area contributed by atoms with Gasteiger partial charge in [0.25, 0.3) is 0 Å². The topological polar surface area (TPSA) is 120 Å². The number of hydrogen-bond acceptors (Lipinski definition) is 5. The molecule has 1 aromatic carbocycles. The Balaban J connectivity index is 1.93. The van der Waals surface area contributed by atoms with Gasteiger partial charge in [-0.3, -0.25) is 9.55 Å². The second-order valence-corrected chi connectivity index (χ2v) is 6.62. The molecule has 2 heterocycles. The molecule has 0 amide bonds. The van der Waals surface area contributed by atoms with Crippen LogP contribution in [-0.4, -0.2) is 37.3 Å². The van der Waals surface area contributed by atoms with E-state index < -0.39 is 11.7 Å². The Morgan fingerprint density at radius 1 is 1.25 bits per heavy atom. The summed E-state index contributed by atoms with van der Waals surface area (Å²) in [6, 6.07) is 6.60. The summed E-state index contributed by atoms with van der Waals surface area (Å²) < 4.78 is 1.31. The number of aromatic amines is 1. The largest absolute Gasteiger partial charge is 0.493 e. The molecule has 0 bridgehead atoms. The number of H-pyrrole nitrogens is 1. The van der Waals surface area contributed by atoms with Crippen LogP contribution in [-0.2, 0) is 13.5 Å². The number of aromatic hydroxyl groups is 1. The van der Waals surface area contributed by atoms with E-state index in [0.717, 1.165) is 24.8 Å².